The van der Waals surface area contributed by atoms with E-state index in [1.165, 1.54) is 12.8 Å². The lowest BCUT2D eigenvalue weighted by Crippen LogP contribution is -2.45. The van der Waals surface area contributed by atoms with Crippen molar-refractivity contribution in [2.24, 2.45) is 11.3 Å². The molecule has 2 N–H and O–H groups in total. The van der Waals surface area contributed by atoms with E-state index in [-0.39, 0.29) is 12.3 Å². The van der Waals surface area contributed by atoms with E-state index in [2.05, 4.69) is 12.2 Å². The van der Waals surface area contributed by atoms with Gasteiger partial charge in [0, 0.05) is 17.9 Å². The summed E-state index contributed by atoms with van der Waals surface area (Å²) >= 11 is 0. The smallest absolute Gasteiger partial charge is 0.303 e. The third kappa shape index (κ3) is 3.74. The van der Waals surface area contributed by atoms with Gasteiger partial charge in [-0.1, -0.05) is 19.8 Å². The zero-order valence-corrected chi connectivity index (χ0v) is 12.5. The number of aliphatic carboxylic acids is 1. The summed E-state index contributed by atoms with van der Waals surface area (Å²) in [5.41, 5.74) is -0.401. The van der Waals surface area contributed by atoms with Crippen LogP contribution in [0.2, 0.25) is 0 Å². The second-order valence-corrected chi connectivity index (χ2v) is 6.81. The van der Waals surface area contributed by atoms with Gasteiger partial charge in [0.1, 0.15) is 0 Å². The molecule has 0 saturated heterocycles. The Hall–Kier alpha value is -1.06. The minimum atomic E-state index is -0.796. The Balaban J connectivity index is 1.91. The van der Waals surface area contributed by atoms with E-state index in [0.29, 0.717) is 12.5 Å². The summed E-state index contributed by atoms with van der Waals surface area (Å²) in [6, 6.07) is 0.306. The lowest BCUT2D eigenvalue weighted by molar-refractivity contribution is -0.139. The quantitative estimate of drug-likeness (QED) is 0.813. The molecule has 2 aliphatic carbocycles. The van der Waals surface area contributed by atoms with E-state index in [9.17, 15) is 9.59 Å². The fourth-order valence-corrected chi connectivity index (χ4v) is 3.73. The van der Waals surface area contributed by atoms with Crippen LogP contribution in [0, 0.1) is 11.3 Å². The highest BCUT2D eigenvalue weighted by Crippen LogP contribution is 2.42. The number of carboxylic acid groups (broad SMARTS) is 1. The Labute approximate surface area is 121 Å². The molecular weight excluding hydrogens is 254 g/mol. The van der Waals surface area contributed by atoms with Crippen LogP contribution >= 0.6 is 0 Å². The lowest BCUT2D eigenvalue weighted by Gasteiger charge is -2.32. The molecule has 0 radical (unpaired) electrons. The highest BCUT2D eigenvalue weighted by molar-refractivity contribution is 5.83. The fourth-order valence-electron chi connectivity index (χ4n) is 3.73. The molecule has 4 nitrogen and oxygen atoms in total. The first-order valence-corrected chi connectivity index (χ1v) is 8.05. The zero-order chi connectivity index (χ0) is 14.6. The maximum Gasteiger partial charge on any atom is 0.303 e. The van der Waals surface area contributed by atoms with Crippen LogP contribution in [-0.2, 0) is 9.59 Å². The van der Waals surface area contributed by atoms with E-state index >= 15 is 0 Å². The minimum absolute atomic E-state index is 0.106. The molecule has 2 aliphatic rings. The summed E-state index contributed by atoms with van der Waals surface area (Å²) < 4.78 is 0. The van der Waals surface area contributed by atoms with Crippen molar-refractivity contribution in [3.8, 4) is 0 Å². The number of rotatable bonds is 5. The molecule has 0 spiro atoms. The van der Waals surface area contributed by atoms with Crippen molar-refractivity contribution in [3.63, 3.8) is 0 Å². The second-order valence-electron chi connectivity index (χ2n) is 6.81. The summed E-state index contributed by atoms with van der Waals surface area (Å²) in [6.45, 7) is 2.27. The zero-order valence-electron chi connectivity index (χ0n) is 12.5. The van der Waals surface area contributed by atoms with Crippen LogP contribution in [0.5, 0.6) is 0 Å². The van der Waals surface area contributed by atoms with Gasteiger partial charge in [-0.05, 0) is 50.9 Å². The molecule has 0 aromatic rings. The predicted octanol–water partition coefficient (Wildman–Crippen LogP) is 3.11. The van der Waals surface area contributed by atoms with Gasteiger partial charge in [0.2, 0.25) is 5.91 Å². The Kier molecular flexibility index (Phi) is 5.06. The molecule has 0 atom stereocenters. The van der Waals surface area contributed by atoms with Crippen molar-refractivity contribution in [2.75, 3.05) is 0 Å². The maximum atomic E-state index is 12.6. The van der Waals surface area contributed by atoms with Crippen molar-refractivity contribution < 1.29 is 14.7 Å². The van der Waals surface area contributed by atoms with Crippen molar-refractivity contribution in [3.05, 3.63) is 0 Å². The number of nitrogens with one attached hydrogen (secondary N) is 1. The molecule has 114 valence electrons. The molecule has 4 heteroatoms. The summed E-state index contributed by atoms with van der Waals surface area (Å²) in [5, 5.41) is 12.1. The first-order valence-electron chi connectivity index (χ1n) is 8.05. The van der Waals surface area contributed by atoms with Gasteiger partial charge in [0.15, 0.2) is 0 Å². The molecule has 0 aliphatic heterocycles. The molecule has 2 saturated carbocycles. The number of carbonyl (C=O) groups is 2. The number of carbonyl (C=O) groups excluding carboxylic acids is 1. The summed E-state index contributed by atoms with van der Waals surface area (Å²) in [5.74, 6) is 0.0990. The monoisotopic (exact) mass is 281 g/mol. The average Bonchev–Trinajstić information content (AvgIpc) is 2.89. The molecule has 2 rings (SSSR count). The van der Waals surface area contributed by atoms with Gasteiger partial charge in [-0.15, -0.1) is 0 Å². The lowest BCUT2D eigenvalue weighted by atomic mass is 9.79. The molecule has 0 aromatic heterocycles. The topological polar surface area (TPSA) is 66.4 Å². The maximum absolute atomic E-state index is 12.6. The van der Waals surface area contributed by atoms with Crippen LogP contribution < -0.4 is 5.32 Å². The van der Waals surface area contributed by atoms with Crippen molar-refractivity contribution in [1.29, 1.82) is 0 Å². The first kappa shape index (κ1) is 15.3. The normalized spacial score (nSPS) is 29.1. The van der Waals surface area contributed by atoms with Crippen LogP contribution in [0.25, 0.3) is 0 Å². The van der Waals surface area contributed by atoms with Crippen LogP contribution in [0.1, 0.15) is 71.1 Å². The standard InChI is InChI=1S/C16H27NO3/c1-12-4-6-13(7-5-12)17-15(20)16(9-2-3-10-16)11-8-14(18)19/h12-13H,2-11H2,1H3,(H,17,20)(H,18,19). The molecule has 20 heavy (non-hydrogen) atoms. The number of hydrogen-bond donors (Lipinski definition) is 2. The van der Waals surface area contributed by atoms with Crippen LogP contribution in [0.15, 0.2) is 0 Å². The van der Waals surface area contributed by atoms with E-state index in [1.54, 1.807) is 0 Å². The summed E-state index contributed by atoms with van der Waals surface area (Å²) in [7, 11) is 0. The third-order valence-corrected chi connectivity index (χ3v) is 5.21. The molecule has 0 bridgehead atoms. The molecular formula is C16H27NO3. The van der Waals surface area contributed by atoms with Gasteiger partial charge >= 0.3 is 5.97 Å². The fraction of sp³-hybridized carbons (Fsp3) is 0.875. The predicted molar refractivity (Wildman–Crippen MR) is 77.3 cm³/mol. The van der Waals surface area contributed by atoms with Crippen molar-refractivity contribution in [2.45, 2.75) is 77.2 Å². The number of carboxylic acids is 1. The van der Waals surface area contributed by atoms with Crippen molar-refractivity contribution in [1.82, 2.24) is 5.32 Å². The van der Waals surface area contributed by atoms with E-state index < -0.39 is 11.4 Å². The minimum Gasteiger partial charge on any atom is -0.481 e. The summed E-state index contributed by atoms with van der Waals surface area (Å²) in [4.78, 5) is 23.4. The number of hydrogen-bond acceptors (Lipinski definition) is 2. The van der Waals surface area contributed by atoms with E-state index in [1.807, 2.05) is 0 Å². The van der Waals surface area contributed by atoms with Crippen molar-refractivity contribution >= 4 is 11.9 Å². The Morgan fingerprint density at radius 2 is 1.75 bits per heavy atom. The molecule has 2 fully saturated rings. The second kappa shape index (κ2) is 6.59. The van der Waals surface area contributed by atoms with Gasteiger partial charge in [-0.2, -0.15) is 0 Å². The third-order valence-electron chi connectivity index (χ3n) is 5.21. The van der Waals surface area contributed by atoms with Crippen LogP contribution in [0.4, 0.5) is 0 Å². The average molecular weight is 281 g/mol. The molecule has 0 aromatic carbocycles. The Morgan fingerprint density at radius 1 is 1.15 bits per heavy atom. The highest BCUT2D eigenvalue weighted by Gasteiger charge is 2.41. The largest absolute Gasteiger partial charge is 0.481 e. The molecule has 0 heterocycles. The van der Waals surface area contributed by atoms with E-state index in [0.717, 1.165) is 44.4 Å². The number of amides is 1. The van der Waals surface area contributed by atoms with Gasteiger partial charge in [-0.3, -0.25) is 9.59 Å². The van der Waals surface area contributed by atoms with Crippen LogP contribution in [-0.4, -0.2) is 23.0 Å². The molecule has 1 amide bonds. The first-order chi connectivity index (χ1) is 9.52. The van der Waals surface area contributed by atoms with Gasteiger partial charge < -0.3 is 10.4 Å². The van der Waals surface area contributed by atoms with Gasteiger partial charge in [0.25, 0.3) is 0 Å². The Morgan fingerprint density at radius 3 is 2.30 bits per heavy atom. The Bertz CT molecular complexity index is 353. The summed E-state index contributed by atoms with van der Waals surface area (Å²) in [6.07, 6.45) is 8.93. The van der Waals surface area contributed by atoms with Crippen LogP contribution in [0.3, 0.4) is 0 Å². The van der Waals surface area contributed by atoms with Gasteiger partial charge in [0.05, 0.1) is 0 Å². The molecule has 0 unspecified atom stereocenters. The van der Waals surface area contributed by atoms with Gasteiger partial charge in [-0.25, -0.2) is 0 Å². The highest BCUT2D eigenvalue weighted by atomic mass is 16.4. The van der Waals surface area contributed by atoms with E-state index in [4.69, 9.17) is 5.11 Å². The SMILES string of the molecule is CC1CCC(NC(=O)C2(CCC(=O)O)CCCC2)CC1.